The molecule has 90 valence electrons. The molecule has 1 nitrogen and oxygen atoms in total. The van der Waals surface area contributed by atoms with Gasteiger partial charge < -0.3 is 5.32 Å². The van der Waals surface area contributed by atoms with Crippen LogP contribution in [0, 0.1) is 11.6 Å². The zero-order valence-corrected chi connectivity index (χ0v) is 10.2. The molecule has 1 aromatic carbocycles. The van der Waals surface area contributed by atoms with Gasteiger partial charge in [-0.15, -0.1) is 0 Å². The fourth-order valence-electron chi connectivity index (χ4n) is 1.79. The van der Waals surface area contributed by atoms with Crippen molar-refractivity contribution in [3.8, 4) is 0 Å². The van der Waals surface area contributed by atoms with E-state index in [0.717, 1.165) is 11.6 Å². The molecule has 2 aromatic rings. The predicted molar refractivity (Wildman–Crippen MR) is 66.2 cm³/mol. The molecule has 0 radical (unpaired) electrons. The van der Waals surface area contributed by atoms with E-state index >= 15 is 0 Å². The maximum absolute atomic E-state index is 13.8. The number of halogens is 2. The van der Waals surface area contributed by atoms with Crippen molar-refractivity contribution >= 4 is 11.3 Å². The van der Waals surface area contributed by atoms with Crippen LogP contribution < -0.4 is 5.32 Å². The number of nitrogens with one attached hydrogen (secondary N) is 1. The molecule has 2 rings (SSSR count). The smallest absolute Gasteiger partial charge is 0.163 e. The van der Waals surface area contributed by atoms with Gasteiger partial charge in [0.1, 0.15) is 0 Å². The summed E-state index contributed by atoms with van der Waals surface area (Å²) in [5.74, 6) is -1.58. The summed E-state index contributed by atoms with van der Waals surface area (Å²) in [5.41, 5.74) is 1.31. The Kier molecular flexibility index (Phi) is 3.86. The maximum Gasteiger partial charge on any atom is 0.163 e. The number of thiophene rings is 1. The van der Waals surface area contributed by atoms with Crippen LogP contribution in [-0.2, 0) is 0 Å². The molecule has 0 fully saturated rings. The highest BCUT2D eigenvalue weighted by Crippen LogP contribution is 2.27. The topological polar surface area (TPSA) is 12.0 Å². The zero-order chi connectivity index (χ0) is 12.3. The Bertz CT molecular complexity index is 482. The molecule has 0 saturated heterocycles. The van der Waals surface area contributed by atoms with Gasteiger partial charge in [-0.1, -0.05) is 19.1 Å². The third-order valence-electron chi connectivity index (χ3n) is 2.58. The summed E-state index contributed by atoms with van der Waals surface area (Å²) in [6, 6.07) is 5.91. The van der Waals surface area contributed by atoms with E-state index in [1.54, 1.807) is 17.4 Å². The molecule has 0 aliphatic carbocycles. The quantitative estimate of drug-likeness (QED) is 0.875. The van der Waals surface area contributed by atoms with Crippen molar-refractivity contribution in [2.24, 2.45) is 0 Å². The van der Waals surface area contributed by atoms with Gasteiger partial charge in [0, 0.05) is 5.56 Å². The SMILES string of the molecule is CCNC(c1ccsc1)c1cccc(F)c1F. The predicted octanol–water partition coefficient (Wildman–Crippen LogP) is 3.73. The first-order valence-electron chi connectivity index (χ1n) is 5.43. The van der Waals surface area contributed by atoms with E-state index in [0.29, 0.717) is 12.1 Å². The Hall–Kier alpha value is -1.26. The molecule has 1 aromatic heterocycles. The van der Waals surface area contributed by atoms with Crippen LogP contribution in [-0.4, -0.2) is 6.54 Å². The van der Waals surface area contributed by atoms with Crippen molar-refractivity contribution in [1.29, 1.82) is 0 Å². The molecule has 1 unspecified atom stereocenters. The van der Waals surface area contributed by atoms with Crippen LogP contribution in [0.25, 0.3) is 0 Å². The minimum Gasteiger partial charge on any atom is -0.306 e. The van der Waals surface area contributed by atoms with Gasteiger partial charge in [0.2, 0.25) is 0 Å². The van der Waals surface area contributed by atoms with E-state index in [1.165, 1.54) is 6.07 Å². The summed E-state index contributed by atoms with van der Waals surface area (Å²) in [6.07, 6.45) is 0. The molecule has 0 bridgehead atoms. The van der Waals surface area contributed by atoms with E-state index in [-0.39, 0.29) is 6.04 Å². The lowest BCUT2D eigenvalue weighted by atomic mass is 10.0. The fourth-order valence-corrected chi connectivity index (χ4v) is 2.48. The lowest BCUT2D eigenvalue weighted by Gasteiger charge is -2.18. The second-order valence-corrected chi connectivity index (χ2v) is 4.47. The average Bonchev–Trinajstić information content (AvgIpc) is 2.84. The lowest BCUT2D eigenvalue weighted by Crippen LogP contribution is -2.22. The van der Waals surface area contributed by atoms with E-state index in [9.17, 15) is 8.78 Å². The first-order valence-corrected chi connectivity index (χ1v) is 6.37. The van der Waals surface area contributed by atoms with Crippen LogP contribution in [0.5, 0.6) is 0 Å². The van der Waals surface area contributed by atoms with E-state index in [1.807, 2.05) is 23.8 Å². The minimum atomic E-state index is -0.805. The molecule has 0 aliphatic heterocycles. The molecule has 0 aliphatic rings. The van der Waals surface area contributed by atoms with Crippen molar-refractivity contribution in [1.82, 2.24) is 5.32 Å². The Balaban J connectivity index is 2.43. The molecule has 1 atom stereocenters. The summed E-state index contributed by atoms with van der Waals surface area (Å²) in [7, 11) is 0. The van der Waals surface area contributed by atoms with Gasteiger partial charge in [-0.3, -0.25) is 0 Å². The third kappa shape index (κ3) is 2.53. The number of benzene rings is 1. The maximum atomic E-state index is 13.8. The van der Waals surface area contributed by atoms with E-state index < -0.39 is 11.6 Å². The Morgan fingerprint density at radius 1 is 1.29 bits per heavy atom. The Morgan fingerprint density at radius 3 is 2.76 bits per heavy atom. The Morgan fingerprint density at radius 2 is 2.12 bits per heavy atom. The number of hydrogen-bond acceptors (Lipinski definition) is 2. The molecular formula is C13H13F2NS. The van der Waals surface area contributed by atoms with Crippen LogP contribution in [0.1, 0.15) is 24.1 Å². The van der Waals surface area contributed by atoms with Crippen molar-refractivity contribution in [2.75, 3.05) is 6.54 Å². The summed E-state index contributed by atoms with van der Waals surface area (Å²) in [4.78, 5) is 0. The van der Waals surface area contributed by atoms with Gasteiger partial charge in [-0.05, 0) is 35.0 Å². The normalized spacial score (nSPS) is 12.6. The van der Waals surface area contributed by atoms with Crippen molar-refractivity contribution in [2.45, 2.75) is 13.0 Å². The van der Waals surface area contributed by atoms with Gasteiger partial charge in [0.25, 0.3) is 0 Å². The highest BCUT2D eigenvalue weighted by atomic mass is 32.1. The van der Waals surface area contributed by atoms with Gasteiger partial charge in [-0.25, -0.2) is 8.78 Å². The fraction of sp³-hybridized carbons (Fsp3) is 0.231. The molecule has 1 N–H and O–H groups in total. The lowest BCUT2D eigenvalue weighted by molar-refractivity contribution is 0.483. The molecule has 0 saturated carbocycles. The molecule has 0 amide bonds. The van der Waals surface area contributed by atoms with Gasteiger partial charge in [0.15, 0.2) is 11.6 Å². The van der Waals surface area contributed by atoms with Crippen molar-refractivity contribution < 1.29 is 8.78 Å². The largest absolute Gasteiger partial charge is 0.306 e. The molecule has 0 spiro atoms. The summed E-state index contributed by atoms with van der Waals surface area (Å²) >= 11 is 1.54. The second-order valence-electron chi connectivity index (χ2n) is 3.69. The highest BCUT2D eigenvalue weighted by Gasteiger charge is 2.19. The standard InChI is InChI=1S/C13H13F2NS/c1-2-16-13(9-6-7-17-8-9)10-4-3-5-11(14)12(10)15/h3-8,13,16H,2H2,1H3. The van der Waals surface area contributed by atoms with Crippen molar-refractivity contribution in [3.63, 3.8) is 0 Å². The summed E-state index contributed by atoms with van der Waals surface area (Å²) < 4.78 is 27.0. The third-order valence-corrected chi connectivity index (χ3v) is 3.28. The molecule has 4 heteroatoms. The van der Waals surface area contributed by atoms with Crippen molar-refractivity contribution in [3.05, 3.63) is 57.8 Å². The first-order chi connectivity index (χ1) is 8.24. The average molecular weight is 253 g/mol. The van der Waals surface area contributed by atoms with Gasteiger partial charge in [0.05, 0.1) is 6.04 Å². The van der Waals surface area contributed by atoms with Crippen LogP contribution >= 0.6 is 11.3 Å². The number of hydrogen-bond donors (Lipinski definition) is 1. The van der Waals surface area contributed by atoms with Crippen LogP contribution in [0.4, 0.5) is 8.78 Å². The van der Waals surface area contributed by atoms with E-state index in [4.69, 9.17) is 0 Å². The van der Waals surface area contributed by atoms with Gasteiger partial charge in [-0.2, -0.15) is 11.3 Å². The minimum absolute atomic E-state index is 0.290. The molecule has 1 heterocycles. The van der Waals surface area contributed by atoms with Crippen LogP contribution in [0.2, 0.25) is 0 Å². The molecular weight excluding hydrogens is 240 g/mol. The summed E-state index contributed by atoms with van der Waals surface area (Å²) in [6.45, 7) is 2.63. The number of rotatable bonds is 4. The van der Waals surface area contributed by atoms with Gasteiger partial charge >= 0.3 is 0 Å². The second kappa shape index (κ2) is 5.38. The summed E-state index contributed by atoms with van der Waals surface area (Å²) in [5, 5.41) is 7.04. The Labute approximate surface area is 103 Å². The van der Waals surface area contributed by atoms with Crippen LogP contribution in [0.3, 0.4) is 0 Å². The van der Waals surface area contributed by atoms with Crippen LogP contribution in [0.15, 0.2) is 35.0 Å². The zero-order valence-electron chi connectivity index (χ0n) is 9.41. The highest BCUT2D eigenvalue weighted by molar-refractivity contribution is 7.08. The first kappa shape index (κ1) is 12.2. The molecule has 17 heavy (non-hydrogen) atoms. The van der Waals surface area contributed by atoms with E-state index in [2.05, 4.69) is 5.32 Å². The monoisotopic (exact) mass is 253 g/mol.